The molecular formula is C32H26F3N5O2S. The summed E-state index contributed by atoms with van der Waals surface area (Å²) in [5.41, 5.74) is 1.31. The van der Waals surface area contributed by atoms with E-state index in [9.17, 15) is 28.0 Å². The van der Waals surface area contributed by atoms with Crippen LogP contribution in [0.5, 0.6) is 0 Å². The third-order valence-electron chi connectivity index (χ3n) is 7.97. The lowest BCUT2D eigenvalue weighted by Gasteiger charge is -2.43. The van der Waals surface area contributed by atoms with Gasteiger partial charge in [-0.3, -0.25) is 14.5 Å². The van der Waals surface area contributed by atoms with E-state index in [2.05, 4.69) is 11.4 Å². The molecule has 1 aliphatic carbocycles. The number of amides is 2. The topological polar surface area (TPSA) is 100 Å². The summed E-state index contributed by atoms with van der Waals surface area (Å²) in [7, 11) is 0. The first-order chi connectivity index (χ1) is 20.5. The molecular weight excluding hydrogens is 575 g/mol. The van der Waals surface area contributed by atoms with Crippen molar-refractivity contribution < 1.29 is 22.8 Å². The van der Waals surface area contributed by atoms with Crippen LogP contribution in [0.15, 0.2) is 60.7 Å². The molecule has 1 aliphatic heterocycles. The number of anilines is 3. The van der Waals surface area contributed by atoms with Gasteiger partial charge in [0.1, 0.15) is 5.54 Å². The lowest BCUT2D eigenvalue weighted by atomic mass is 9.75. The summed E-state index contributed by atoms with van der Waals surface area (Å²) in [5, 5.41) is 21.1. The van der Waals surface area contributed by atoms with E-state index >= 15 is 0 Å². The predicted molar refractivity (Wildman–Crippen MR) is 159 cm³/mol. The molecule has 2 aliphatic rings. The highest BCUT2D eigenvalue weighted by molar-refractivity contribution is 7.81. The van der Waals surface area contributed by atoms with Crippen LogP contribution in [-0.4, -0.2) is 22.5 Å². The molecule has 43 heavy (non-hydrogen) atoms. The number of nitrogens with one attached hydrogen (secondary N) is 1. The second-order valence-corrected chi connectivity index (χ2v) is 11.1. The van der Waals surface area contributed by atoms with E-state index in [1.54, 1.807) is 23.1 Å². The third-order valence-corrected chi connectivity index (χ3v) is 8.34. The van der Waals surface area contributed by atoms with Crippen LogP contribution in [0, 0.1) is 29.6 Å². The molecule has 0 atom stereocenters. The lowest BCUT2D eigenvalue weighted by molar-refractivity contribution is -0.137. The number of halogens is 3. The maximum atomic E-state index is 13.7. The van der Waals surface area contributed by atoms with Crippen LogP contribution < -0.4 is 15.1 Å². The number of rotatable bonds is 7. The molecule has 11 heteroatoms. The Bertz CT molecular complexity index is 1700. The molecule has 2 fully saturated rings. The molecule has 0 aromatic heterocycles. The van der Waals surface area contributed by atoms with Crippen LogP contribution >= 0.6 is 12.2 Å². The lowest BCUT2D eigenvalue weighted by Crippen LogP contribution is -2.55. The molecule has 1 saturated heterocycles. The van der Waals surface area contributed by atoms with Crippen molar-refractivity contribution in [3.8, 4) is 12.1 Å². The van der Waals surface area contributed by atoms with Crippen LogP contribution in [-0.2, 0) is 22.2 Å². The molecule has 0 unspecified atom stereocenters. The summed E-state index contributed by atoms with van der Waals surface area (Å²) in [6.45, 7) is 1.82. The number of alkyl halides is 3. The fourth-order valence-corrected chi connectivity index (χ4v) is 6.03. The largest absolute Gasteiger partial charge is 0.417 e. The van der Waals surface area contributed by atoms with E-state index in [0.717, 1.165) is 35.4 Å². The highest BCUT2D eigenvalue weighted by Gasteiger charge is 2.59. The first-order valence-electron chi connectivity index (χ1n) is 13.7. The van der Waals surface area contributed by atoms with Gasteiger partial charge in [-0.25, -0.2) is 0 Å². The molecule has 218 valence electrons. The highest BCUT2D eigenvalue weighted by atomic mass is 32.1. The van der Waals surface area contributed by atoms with E-state index < -0.39 is 28.7 Å². The molecule has 1 saturated carbocycles. The van der Waals surface area contributed by atoms with Gasteiger partial charge < -0.3 is 10.2 Å². The van der Waals surface area contributed by atoms with Gasteiger partial charge in [0, 0.05) is 17.8 Å². The SMILES string of the molecule is Cc1cc(N2C(=O)C3(CCC3)N(c3ccc(CCCC(=O)Nc4ccc(C#N)c(C(F)(F)F)c4)cc3)C2=S)ccc1C#N. The molecule has 0 bridgehead atoms. The van der Waals surface area contributed by atoms with Crippen molar-refractivity contribution >= 4 is 46.2 Å². The average molecular weight is 602 g/mol. The molecule has 7 nitrogen and oxygen atoms in total. The number of carbonyl (C=O) groups is 2. The second kappa shape index (κ2) is 11.5. The van der Waals surface area contributed by atoms with E-state index in [1.807, 2.05) is 36.1 Å². The van der Waals surface area contributed by atoms with Gasteiger partial charge in [-0.15, -0.1) is 0 Å². The summed E-state index contributed by atoms with van der Waals surface area (Å²) in [6.07, 6.45) is -1.33. The minimum Gasteiger partial charge on any atom is -0.326 e. The van der Waals surface area contributed by atoms with E-state index in [-0.39, 0.29) is 18.0 Å². The number of aryl methyl sites for hydroxylation is 2. The standard InChI is InChI=1S/C32H26F3N5O2S/c1-20-16-26(13-9-22(20)18-36)39-29(42)31(14-3-15-31)40(30(39)43)25-11-6-21(7-12-25)4-2-5-28(41)38-24-10-8-23(19-37)27(17-24)32(33,34)35/h6-13,16-17H,2-5,14-15H2,1H3,(H,38,41). The summed E-state index contributed by atoms with van der Waals surface area (Å²) < 4.78 is 39.6. The first kappa shape index (κ1) is 29.7. The third kappa shape index (κ3) is 5.56. The molecule has 2 amide bonds. The Balaban J connectivity index is 1.23. The Hall–Kier alpha value is -4.74. The summed E-state index contributed by atoms with van der Waals surface area (Å²) in [5.74, 6) is -0.506. The molecule has 5 rings (SSSR count). The maximum Gasteiger partial charge on any atom is 0.417 e. The molecule has 3 aromatic carbocycles. The van der Waals surface area contributed by atoms with Crippen LogP contribution in [0.1, 0.15) is 59.9 Å². The number of nitriles is 2. The van der Waals surface area contributed by atoms with Gasteiger partial charge in [0.2, 0.25) is 5.91 Å². The van der Waals surface area contributed by atoms with Gasteiger partial charge in [0.25, 0.3) is 5.91 Å². The summed E-state index contributed by atoms with van der Waals surface area (Å²) in [4.78, 5) is 29.6. The van der Waals surface area contributed by atoms with E-state index in [1.165, 1.54) is 12.1 Å². The van der Waals surface area contributed by atoms with Crippen molar-refractivity contribution in [3.63, 3.8) is 0 Å². The molecule has 0 radical (unpaired) electrons. The van der Waals surface area contributed by atoms with Gasteiger partial charge in [0.15, 0.2) is 5.11 Å². The van der Waals surface area contributed by atoms with Crippen LogP contribution in [0.3, 0.4) is 0 Å². The number of carbonyl (C=O) groups excluding carboxylic acids is 2. The number of benzene rings is 3. The number of hydrogen-bond donors (Lipinski definition) is 1. The Kier molecular flexibility index (Phi) is 7.96. The van der Waals surface area contributed by atoms with Crippen molar-refractivity contribution in [2.75, 3.05) is 15.1 Å². The van der Waals surface area contributed by atoms with Gasteiger partial charge in [0.05, 0.1) is 34.5 Å². The van der Waals surface area contributed by atoms with Crippen molar-refractivity contribution in [2.24, 2.45) is 0 Å². The van der Waals surface area contributed by atoms with Crippen LogP contribution in [0.4, 0.5) is 30.2 Å². The van der Waals surface area contributed by atoms with Gasteiger partial charge in [-0.1, -0.05) is 12.1 Å². The molecule has 1 N–H and O–H groups in total. The summed E-state index contributed by atoms with van der Waals surface area (Å²) in [6, 6.07) is 19.6. The minimum absolute atomic E-state index is 0.0214. The van der Waals surface area contributed by atoms with Crippen molar-refractivity contribution in [1.82, 2.24) is 0 Å². The first-order valence-corrected chi connectivity index (χ1v) is 14.1. The van der Waals surface area contributed by atoms with Gasteiger partial charge in [-0.2, -0.15) is 23.7 Å². The minimum atomic E-state index is -4.71. The quantitative estimate of drug-likeness (QED) is 0.300. The van der Waals surface area contributed by atoms with Crippen molar-refractivity contribution in [3.05, 3.63) is 88.5 Å². The number of nitrogens with zero attached hydrogens (tertiary/aromatic N) is 4. The fraction of sp³-hybridized carbons (Fsp3) is 0.281. The zero-order valence-corrected chi connectivity index (χ0v) is 24.0. The predicted octanol–water partition coefficient (Wildman–Crippen LogP) is 6.78. The Morgan fingerprint density at radius 2 is 1.65 bits per heavy atom. The average Bonchev–Trinajstić information content (AvgIpc) is 3.19. The Labute approximate surface area is 252 Å². The smallest absolute Gasteiger partial charge is 0.326 e. The second-order valence-electron chi connectivity index (χ2n) is 10.7. The fourth-order valence-electron chi connectivity index (χ4n) is 5.56. The zero-order valence-electron chi connectivity index (χ0n) is 23.2. The normalized spacial score (nSPS) is 15.7. The van der Waals surface area contributed by atoms with Gasteiger partial charge in [-0.05, 0) is 111 Å². The maximum absolute atomic E-state index is 13.7. The Morgan fingerprint density at radius 3 is 2.23 bits per heavy atom. The zero-order chi connectivity index (χ0) is 30.9. The Morgan fingerprint density at radius 1 is 1.00 bits per heavy atom. The number of hydrogen-bond acceptors (Lipinski definition) is 5. The van der Waals surface area contributed by atoms with E-state index in [4.69, 9.17) is 17.5 Å². The summed E-state index contributed by atoms with van der Waals surface area (Å²) >= 11 is 5.83. The van der Waals surface area contributed by atoms with Crippen molar-refractivity contribution in [2.45, 2.75) is 57.2 Å². The molecule has 1 heterocycles. The van der Waals surface area contributed by atoms with E-state index in [0.29, 0.717) is 42.0 Å². The monoisotopic (exact) mass is 601 g/mol. The number of thiocarbonyl (C=S) groups is 1. The highest BCUT2D eigenvalue weighted by Crippen LogP contribution is 2.48. The van der Waals surface area contributed by atoms with Crippen molar-refractivity contribution in [1.29, 1.82) is 10.5 Å². The molecule has 1 spiro atoms. The van der Waals surface area contributed by atoms with Gasteiger partial charge >= 0.3 is 6.18 Å². The van der Waals surface area contributed by atoms with Crippen LogP contribution in [0.2, 0.25) is 0 Å². The van der Waals surface area contributed by atoms with Crippen LogP contribution in [0.25, 0.3) is 0 Å². The molecule has 3 aromatic rings.